The molecule has 17 heavy (non-hydrogen) atoms. The molecule has 3 rings (SSSR count). The molecule has 0 amide bonds. The Morgan fingerprint density at radius 3 is 2.00 bits per heavy atom. The van der Waals surface area contributed by atoms with E-state index in [1.807, 2.05) is 0 Å². The van der Waals surface area contributed by atoms with Gasteiger partial charge in [0.2, 0.25) is 0 Å². The lowest BCUT2D eigenvalue weighted by Crippen LogP contribution is -2.64. The highest BCUT2D eigenvalue weighted by atomic mass is 19.4. The number of rotatable bonds is 0. The summed E-state index contributed by atoms with van der Waals surface area (Å²) in [6.07, 6.45) is -10.7. The van der Waals surface area contributed by atoms with E-state index in [0.717, 1.165) is 0 Å². The summed E-state index contributed by atoms with van der Waals surface area (Å²) in [5.74, 6) is -5.97. The monoisotopic (exact) mass is 264 g/mol. The van der Waals surface area contributed by atoms with Gasteiger partial charge in [-0.25, -0.2) is 4.39 Å². The van der Waals surface area contributed by atoms with Crippen molar-refractivity contribution in [3.63, 3.8) is 0 Å². The average molecular weight is 264 g/mol. The van der Waals surface area contributed by atoms with Crippen LogP contribution in [0.25, 0.3) is 0 Å². The molecule has 0 saturated carbocycles. The Balaban J connectivity index is 2.45. The van der Waals surface area contributed by atoms with E-state index < -0.39 is 42.6 Å². The molecule has 0 spiro atoms. The largest absolute Gasteiger partial charge is 0.449 e. The molecular weight excluding hydrogens is 257 g/mol. The van der Waals surface area contributed by atoms with E-state index in [1.54, 1.807) is 0 Å². The van der Waals surface area contributed by atoms with Gasteiger partial charge >= 0.3 is 18.2 Å². The Kier molecular flexibility index (Phi) is 2.35. The lowest BCUT2D eigenvalue weighted by Gasteiger charge is -2.50. The van der Waals surface area contributed by atoms with Crippen LogP contribution < -0.4 is 0 Å². The molecule has 1 fully saturated rings. The highest BCUT2D eigenvalue weighted by Crippen LogP contribution is 2.57. The van der Waals surface area contributed by atoms with Gasteiger partial charge in [0.1, 0.15) is 0 Å². The molecule has 3 unspecified atom stereocenters. The van der Waals surface area contributed by atoms with Crippen molar-refractivity contribution in [1.82, 2.24) is 0 Å². The topological polar surface area (TPSA) is 9.23 Å². The molecule has 2 bridgehead atoms. The van der Waals surface area contributed by atoms with Gasteiger partial charge in [0.25, 0.3) is 0 Å². The number of fused-ring (bicyclic) bond motifs is 2. The Hall–Kier alpha value is -0.790. The predicted octanol–water partition coefficient (Wildman–Crippen LogP) is 3.51. The summed E-state index contributed by atoms with van der Waals surface area (Å²) in [4.78, 5) is 0. The fraction of sp³-hybridized carbons (Fsp3) is 0.778. The summed E-state index contributed by atoms with van der Waals surface area (Å²) in [5, 5.41) is 0. The summed E-state index contributed by atoms with van der Waals surface area (Å²) in [6, 6.07) is 0. The molecule has 2 aliphatic heterocycles. The van der Waals surface area contributed by atoms with Crippen molar-refractivity contribution in [3.05, 3.63) is 12.2 Å². The minimum absolute atomic E-state index is 0.477. The third kappa shape index (κ3) is 1.56. The van der Waals surface area contributed by atoms with Gasteiger partial charge in [0.05, 0.1) is 0 Å². The predicted molar refractivity (Wildman–Crippen MR) is 41.6 cm³/mol. The van der Waals surface area contributed by atoms with Gasteiger partial charge in [0.15, 0.2) is 5.60 Å². The van der Waals surface area contributed by atoms with E-state index in [4.69, 9.17) is 0 Å². The second kappa shape index (κ2) is 3.15. The van der Waals surface area contributed by atoms with Gasteiger partial charge in [-0.1, -0.05) is 6.08 Å². The quantitative estimate of drug-likeness (QED) is 0.480. The van der Waals surface area contributed by atoms with Crippen LogP contribution in [0.15, 0.2) is 12.2 Å². The van der Waals surface area contributed by atoms with Crippen molar-refractivity contribution in [2.24, 2.45) is 5.92 Å². The Bertz CT molecular complexity index is 357. The van der Waals surface area contributed by atoms with Crippen LogP contribution in [0, 0.1) is 5.92 Å². The molecule has 8 heteroatoms. The van der Waals surface area contributed by atoms with Crippen molar-refractivity contribution in [2.45, 2.75) is 36.7 Å². The summed E-state index contributed by atoms with van der Waals surface area (Å²) >= 11 is 0. The molecule has 1 nitrogen and oxygen atoms in total. The molecular formula is C9H7F7O. The minimum Gasteiger partial charge on any atom is -0.318 e. The summed E-state index contributed by atoms with van der Waals surface area (Å²) < 4.78 is 92.7. The normalized spacial score (nSPS) is 41.9. The first-order chi connectivity index (χ1) is 7.52. The molecule has 1 saturated heterocycles. The number of ether oxygens (including phenoxy) is 1. The maximum Gasteiger partial charge on any atom is 0.449 e. The highest BCUT2D eigenvalue weighted by Gasteiger charge is 2.73. The van der Waals surface area contributed by atoms with Crippen LogP contribution in [0.4, 0.5) is 30.7 Å². The average Bonchev–Trinajstić information content (AvgIpc) is 2.15. The lowest BCUT2D eigenvalue weighted by atomic mass is 9.76. The minimum atomic E-state index is -5.49. The van der Waals surface area contributed by atoms with Crippen LogP contribution in [-0.4, -0.2) is 23.8 Å². The van der Waals surface area contributed by atoms with Crippen LogP contribution in [0.1, 0.15) is 12.8 Å². The smallest absolute Gasteiger partial charge is 0.318 e. The van der Waals surface area contributed by atoms with Crippen molar-refractivity contribution >= 4 is 0 Å². The highest BCUT2D eigenvalue weighted by molar-refractivity contribution is 5.20. The zero-order valence-electron chi connectivity index (χ0n) is 8.20. The van der Waals surface area contributed by atoms with Crippen LogP contribution in [0.3, 0.4) is 0 Å². The first kappa shape index (κ1) is 12.7. The van der Waals surface area contributed by atoms with Crippen molar-refractivity contribution in [1.29, 1.82) is 0 Å². The van der Waals surface area contributed by atoms with Gasteiger partial charge in [-0.15, -0.1) is 0 Å². The number of alkyl halides is 7. The number of hydrogen-bond acceptors (Lipinski definition) is 1. The van der Waals surface area contributed by atoms with Crippen molar-refractivity contribution in [2.75, 3.05) is 0 Å². The third-order valence-corrected chi connectivity index (χ3v) is 3.10. The zero-order chi connectivity index (χ0) is 13.1. The van der Waals surface area contributed by atoms with E-state index in [-0.39, 0.29) is 0 Å². The van der Waals surface area contributed by atoms with Crippen molar-refractivity contribution in [3.8, 4) is 0 Å². The molecule has 1 aliphatic carbocycles. The number of halogens is 7. The SMILES string of the molecule is FC(F)(F)C12C=CC(CC1)C(F)(C(F)(F)F)O2. The van der Waals surface area contributed by atoms with Gasteiger partial charge in [0, 0.05) is 5.92 Å². The van der Waals surface area contributed by atoms with Crippen LogP contribution in [-0.2, 0) is 4.74 Å². The van der Waals surface area contributed by atoms with Crippen molar-refractivity contribution < 1.29 is 35.5 Å². The third-order valence-electron chi connectivity index (χ3n) is 3.10. The molecule has 0 N–H and O–H groups in total. The van der Waals surface area contributed by atoms with Gasteiger partial charge in [-0.3, -0.25) is 0 Å². The first-order valence-corrected chi connectivity index (χ1v) is 4.74. The van der Waals surface area contributed by atoms with Crippen LogP contribution in [0.2, 0.25) is 0 Å². The van der Waals surface area contributed by atoms with Crippen LogP contribution in [0.5, 0.6) is 0 Å². The van der Waals surface area contributed by atoms with E-state index >= 15 is 0 Å². The first-order valence-electron chi connectivity index (χ1n) is 4.74. The molecule has 0 radical (unpaired) electrons. The summed E-state index contributed by atoms with van der Waals surface area (Å²) in [7, 11) is 0. The van der Waals surface area contributed by atoms with Crippen LogP contribution >= 0.6 is 0 Å². The zero-order valence-corrected chi connectivity index (χ0v) is 8.20. The maximum atomic E-state index is 13.7. The number of hydrogen-bond donors (Lipinski definition) is 0. The summed E-state index contributed by atoms with van der Waals surface area (Å²) in [5.41, 5.74) is -3.16. The Labute approximate surface area is 91.2 Å². The van der Waals surface area contributed by atoms with Gasteiger partial charge < -0.3 is 4.74 Å². The molecule has 2 heterocycles. The standard InChI is InChI=1S/C9H7F7O/c10-7(9(14,15)16)5-1-3-6(17-7,4-2-5)8(11,12)13/h1,3,5H,2,4H2. The Morgan fingerprint density at radius 2 is 1.65 bits per heavy atom. The maximum absolute atomic E-state index is 13.7. The van der Waals surface area contributed by atoms with E-state index in [1.165, 1.54) is 0 Å². The fourth-order valence-electron chi connectivity index (χ4n) is 2.12. The summed E-state index contributed by atoms with van der Waals surface area (Å²) in [6.45, 7) is 0. The van der Waals surface area contributed by atoms with E-state index in [2.05, 4.69) is 4.74 Å². The van der Waals surface area contributed by atoms with E-state index in [9.17, 15) is 30.7 Å². The molecule has 0 aromatic carbocycles. The molecule has 0 aromatic heterocycles. The second-order valence-electron chi connectivity index (χ2n) is 4.14. The Morgan fingerprint density at radius 1 is 1.06 bits per heavy atom. The molecule has 3 atom stereocenters. The molecule has 3 aliphatic rings. The molecule has 0 aromatic rings. The lowest BCUT2D eigenvalue weighted by molar-refractivity contribution is -0.424. The molecule has 98 valence electrons. The van der Waals surface area contributed by atoms with Gasteiger partial charge in [-0.05, 0) is 18.9 Å². The van der Waals surface area contributed by atoms with Gasteiger partial charge in [-0.2, -0.15) is 26.3 Å². The van der Waals surface area contributed by atoms with E-state index in [0.29, 0.717) is 12.2 Å². The fourth-order valence-corrected chi connectivity index (χ4v) is 2.12. The second-order valence-corrected chi connectivity index (χ2v) is 4.14.